The van der Waals surface area contributed by atoms with Crippen molar-refractivity contribution in [1.82, 2.24) is 4.98 Å². The highest BCUT2D eigenvalue weighted by Gasteiger charge is 2.17. The van der Waals surface area contributed by atoms with E-state index in [1.165, 1.54) is 0 Å². The quantitative estimate of drug-likeness (QED) is 0.763. The van der Waals surface area contributed by atoms with E-state index in [0.29, 0.717) is 12.2 Å². The molecule has 90 valence electrons. The third kappa shape index (κ3) is 3.47. The summed E-state index contributed by atoms with van der Waals surface area (Å²) in [7, 11) is 1.70. The van der Waals surface area contributed by atoms with Crippen LogP contribution in [0, 0.1) is 0 Å². The molecule has 0 bridgehead atoms. The molecule has 4 N–H and O–H groups in total. The lowest BCUT2D eigenvalue weighted by Crippen LogP contribution is -2.38. The Bertz CT molecular complexity index is 317. The van der Waals surface area contributed by atoms with Crippen molar-refractivity contribution in [3.63, 3.8) is 0 Å². The van der Waals surface area contributed by atoms with Crippen molar-refractivity contribution in [2.45, 2.75) is 38.3 Å². The van der Waals surface area contributed by atoms with Crippen LogP contribution >= 0.6 is 0 Å². The average Bonchev–Trinajstić information content (AvgIpc) is 2.29. The van der Waals surface area contributed by atoms with Gasteiger partial charge >= 0.3 is 0 Å². The number of nitrogen functional groups attached to an aromatic ring is 1. The summed E-state index contributed by atoms with van der Waals surface area (Å²) in [5.74, 6) is 0.560. The summed E-state index contributed by atoms with van der Waals surface area (Å²) in [6.45, 7) is 2.12. The van der Waals surface area contributed by atoms with Crippen LogP contribution in [0.4, 0.5) is 5.82 Å². The van der Waals surface area contributed by atoms with Crippen molar-refractivity contribution in [1.29, 1.82) is 0 Å². The fraction of sp³-hybridized carbons (Fsp3) is 0.583. The van der Waals surface area contributed by atoms with Gasteiger partial charge in [0.15, 0.2) is 0 Å². The molecule has 0 aliphatic carbocycles. The molecule has 0 aliphatic heterocycles. The Hall–Kier alpha value is -1.13. The first-order valence-electron chi connectivity index (χ1n) is 5.66. The van der Waals surface area contributed by atoms with Crippen LogP contribution in [0.3, 0.4) is 0 Å². The zero-order valence-corrected chi connectivity index (χ0v) is 10.0. The summed E-state index contributed by atoms with van der Waals surface area (Å²) in [5, 5.41) is 0. The molecule has 1 aromatic heterocycles. The smallest absolute Gasteiger partial charge is 0.126 e. The van der Waals surface area contributed by atoms with Crippen molar-refractivity contribution < 1.29 is 4.74 Å². The van der Waals surface area contributed by atoms with Crippen molar-refractivity contribution in [2.24, 2.45) is 5.73 Å². The summed E-state index contributed by atoms with van der Waals surface area (Å²) in [5.41, 5.74) is 12.9. The monoisotopic (exact) mass is 223 g/mol. The Kier molecular flexibility index (Phi) is 5.22. The highest BCUT2D eigenvalue weighted by Crippen LogP contribution is 2.14. The molecule has 4 heteroatoms. The van der Waals surface area contributed by atoms with E-state index in [2.05, 4.69) is 11.9 Å². The number of nitrogens with zero attached hydrogens (tertiary/aromatic N) is 1. The van der Waals surface area contributed by atoms with Gasteiger partial charge in [-0.3, -0.25) is 0 Å². The van der Waals surface area contributed by atoms with Gasteiger partial charge in [-0.2, -0.15) is 0 Å². The summed E-state index contributed by atoms with van der Waals surface area (Å²) in [6, 6.07) is 3.80. The van der Waals surface area contributed by atoms with Crippen molar-refractivity contribution in [3.8, 4) is 0 Å². The van der Waals surface area contributed by atoms with Crippen molar-refractivity contribution in [3.05, 3.63) is 23.9 Å². The number of ether oxygens (including phenoxy) is 1. The summed E-state index contributed by atoms with van der Waals surface area (Å²) < 4.78 is 5.38. The van der Waals surface area contributed by atoms with Crippen LogP contribution in [0.25, 0.3) is 0 Å². The van der Waals surface area contributed by atoms with Crippen LogP contribution in [0.15, 0.2) is 18.3 Å². The molecular formula is C12H21N3O. The van der Waals surface area contributed by atoms with E-state index < -0.39 is 0 Å². The number of methoxy groups -OCH3 is 1. The van der Waals surface area contributed by atoms with Crippen LogP contribution in [-0.4, -0.2) is 24.2 Å². The van der Waals surface area contributed by atoms with Crippen LogP contribution in [-0.2, 0) is 11.2 Å². The first kappa shape index (κ1) is 12.9. The van der Waals surface area contributed by atoms with E-state index in [1.54, 1.807) is 13.3 Å². The second-order valence-corrected chi connectivity index (χ2v) is 3.98. The Morgan fingerprint density at radius 1 is 1.50 bits per heavy atom. The van der Waals surface area contributed by atoms with E-state index in [-0.39, 0.29) is 12.1 Å². The molecule has 1 heterocycles. The molecule has 1 aromatic rings. The fourth-order valence-electron chi connectivity index (χ4n) is 1.80. The molecule has 2 atom stereocenters. The van der Waals surface area contributed by atoms with Gasteiger partial charge in [0, 0.05) is 19.3 Å². The molecule has 0 aromatic carbocycles. The van der Waals surface area contributed by atoms with Crippen LogP contribution in [0.1, 0.15) is 25.3 Å². The number of nitrogens with two attached hydrogens (primary N) is 2. The molecule has 1 rings (SSSR count). The normalized spacial score (nSPS) is 14.7. The maximum atomic E-state index is 6.11. The first-order valence-corrected chi connectivity index (χ1v) is 5.66. The van der Waals surface area contributed by atoms with Crippen molar-refractivity contribution in [2.75, 3.05) is 12.8 Å². The number of hydrogen-bond acceptors (Lipinski definition) is 4. The third-order valence-electron chi connectivity index (χ3n) is 2.74. The van der Waals surface area contributed by atoms with Gasteiger partial charge in [-0.15, -0.1) is 0 Å². The molecule has 0 radical (unpaired) electrons. The minimum absolute atomic E-state index is 0.0311. The number of rotatable bonds is 6. The molecule has 0 aliphatic rings. The standard InChI is InChI=1S/C12H21N3O/c1-3-5-11(16-2)10(13)8-9-6-4-7-15-12(9)14/h4,6-7,10-11H,3,5,8,13H2,1-2H3,(H2,14,15). The zero-order valence-electron chi connectivity index (χ0n) is 10.0. The lowest BCUT2D eigenvalue weighted by Gasteiger charge is -2.22. The first-order chi connectivity index (χ1) is 7.69. The van der Waals surface area contributed by atoms with Crippen LogP contribution < -0.4 is 11.5 Å². The predicted molar refractivity (Wildman–Crippen MR) is 66.0 cm³/mol. The topological polar surface area (TPSA) is 74.2 Å². The summed E-state index contributed by atoms with van der Waals surface area (Å²) in [4.78, 5) is 4.04. The molecule has 2 unspecified atom stereocenters. The molecule has 0 saturated heterocycles. The molecule has 0 spiro atoms. The maximum absolute atomic E-state index is 6.11. The molecular weight excluding hydrogens is 202 g/mol. The van der Waals surface area contributed by atoms with E-state index in [0.717, 1.165) is 18.4 Å². The third-order valence-corrected chi connectivity index (χ3v) is 2.74. The molecule has 0 saturated carbocycles. The van der Waals surface area contributed by atoms with Gasteiger partial charge < -0.3 is 16.2 Å². The van der Waals surface area contributed by atoms with Gasteiger partial charge in [-0.05, 0) is 24.5 Å². The van der Waals surface area contributed by atoms with Crippen LogP contribution in [0.2, 0.25) is 0 Å². The SMILES string of the molecule is CCCC(OC)C(N)Cc1cccnc1N. The number of aromatic nitrogens is 1. The van der Waals surface area contributed by atoms with Gasteiger partial charge in [0.05, 0.1) is 6.10 Å². The second-order valence-electron chi connectivity index (χ2n) is 3.98. The van der Waals surface area contributed by atoms with E-state index in [9.17, 15) is 0 Å². The van der Waals surface area contributed by atoms with Crippen molar-refractivity contribution >= 4 is 5.82 Å². The minimum atomic E-state index is -0.0311. The fourth-order valence-corrected chi connectivity index (χ4v) is 1.80. The average molecular weight is 223 g/mol. The second kappa shape index (κ2) is 6.45. The lowest BCUT2D eigenvalue weighted by molar-refractivity contribution is 0.0727. The van der Waals surface area contributed by atoms with Gasteiger partial charge in [0.25, 0.3) is 0 Å². The number of pyridine rings is 1. The summed E-state index contributed by atoms with van der Waals surface area (Å²) >= 11 is 0. The molecule has 16 heavy (non-hydrogen) atoms. The Morgan fingerprint density at radius 2 is 2.25 bits per heavy atom. The predicted octanol–water partition coefficient (Wildman–Crippen LogP) is 1.35. The van der Waals surface area contributed by atoms with E-state index in [4.69, 9.17) is 16.2 Å². The lowest BCUT2D eigenvalue weighted by atomic mass is 9.99. The molecule has 0 fully saturated rings. The summed E-state index contributed by atoms with van der Waals surface area (Å²) in [6.07, 6.45) is 4.51. The number of anilines is 1. The van der Waals surface area contributed by atoms with E-state index in [1.807, 2.05) is 12.1 Å². The van der Waals surface area contributed by atoms with Gasteiger partial charge in [0.1, 0.15) is 5.82 Å². The highest BCUT2D eigenvalue weighted by molar-refractivity contribution is 5.38. The Balaban J connectivity index is 2.62. The highest BCUT2D eigenvalue weighted by atomic mass is 16.5. The van der Waals surface area contributed by atoms with Crippen LogP contribution in [0.5, 0.6) is 0 Å². The molecule has 0 amide bonds. The number of hydrogen-bond donors (Lipinski definition) is 2. The Morgan fingerprint density at radius 3 is 2.81 bits per heavy atom. The zero-order chi connectivity index (χ0) is 12.0. The largest absolute Gasteiger partial charge is 0.383 e. The Labute approximate surface area is 97.0 Å². The van der Waals surface area contributed by atoms with E-state index >= 15 is 0 Å². The van der Waals surface area contributed by atoms with Gasteiger partial charge in [-0.25, -0.2) is 4.98 Å². The van der Waals surface area contributed by atoms with Gasteiger partial charge in [0.2, 0.25) is 0 Å². The van der Waals surface area contributed by atoms with Gasteiger partial charge in [-0.1, -0.05) is 19.4 Å². The minimum Gasteiger partial charge on any atom is -0.383 e. The maximum Gasteiger partial charge on any atom is 0.126 e. The molecule has 4 nitrogen and oxygen atoms in total.